The molecular weight excluding hydrogens is 248 g/mol. The lowest BCUT2D eigenvalue weighted by Crippen LogP contribution is -2.21. The van der Waals surface area contributed by atoms with E-state index in [1.54, 1.807) is 0 Å². The molecule has 106 valence electrons. The van der Waals surface area contributed by atoms with Crippen LogP contribution in [0.5, 0.6) is 0 Å². The normalized spacial score (nSPS) is 14.1. The van der Waals surface area contributed by atoms with Gasteiger partial charge in [-0.1, -0.05) is 32.0 Å². The molecule has 1 aliphatic rings. The highest BCUT2D eigenvalue weighted by atomic mass is 16.3. The third kappa shape index (κ3) is 2.88. The van der Waals surface area contributed by atoms with Gasteiger partial charge in [-0.05, 0) is 30.2 Å². The average Bonchev–Trinajstić information content (AvgIpc) is 3.05. The standard InChI is InChI=1S/C17H22N2O/c1-13(2)18-11-15-7-8-16(20-15)12-19-10-9-14-5-3-4-6-17(14)19/h3-8,13,18H,9-12H2,1-2H3. The van der Waals surface area contributed by atoms with Crippen LogP contribution in [-0.4, -0.2) is 12.6 Å². The molecule has 3 heteroatoms. The van der Waals surface area contributed by atoms with E-state index in [-0.39, 0.29) is 0 Å². The van der Waals surface area contributed by atoms with Crippen LogP contribution in [0.15, 0.2) is 40.8 Å². The van der Waals surface area contributed by atoms with Gasteiger partial charge in [-0.2, -0.15) is 0 Å². The van der Waals surface area contributed by atoms with Crippen molar-refractivity contribution >= 4 is 5.69 Å². The number of hydrogen-bond donors (Lipinski definition) is 1. The quantitative estimate of drug-likeness (QED) is 0.903. The maximum absolute atomic E-state index is 5.91. The van der Waals surface area contributed by atoms with Crippen LogP contribution in [0.4, 0.5) is 5.69 Å². The van der Waals surface area contributed by atoms with Crippen molar-refractivity contribution in [1.82, 2.24) is 5.32 Å². The zero-order valence-electron chi connectivity index (χ0n) is 12.2. The minimum absolute atomic E-state index is 0.481. The number of benzene rings is 1. The van der Waals surface area contributed by atoms with E-state index < -0.39 is 0 Å². The van der Waals surface area contributed by atoms with Crippen molar-refractivity contribution in [3.63, 3.8) is 0 Å². The number of rotatable bonds is 5. The highest BCUT2D eigenvalue weighted by Gasteiger charge is 2.19. The summed E-state index contributed by atoms with van der Waals surface area (Å²) >= 11 is 0. The summed E-state index contributed by atoms with van der Waals surface area (Å²) in [4.78, 5) is 2.40. The summed E-state index contributed by atoms with van der Waals surface area (Å²) in [6, 6.07) is 13.3. The fraction of sp³-hybridized carbons (Fsp3) is 0.412. The smallest absolute Gasteiger partial charge is 0.123 e. The van der Waals surface area contributed by atoms with Crippen molar-refractivity contribution in [1.29, 1.82) is 0 Å². The molecule has 0 bridgehead atoms. The Morgan fingerprint density at radius 1 is 1.15 bits per heavy atom. The van der Waals surface area contributed by atoms with Gasteiger partial charge in [0.2, 0.25) is 0 Å². The fourth-order valence-corrected chi connectivity index (χ4v) is 2.67. The van der Waals surface area contributed by atoms with Gasteiger partial charge in [0, 0.05) is 18.3 Å². The number of nitrogens with zero attached hydrogens (tertiary/aromatic N) is 1. The molecule has 0 unspecified atom stereocenters. The zero-order chi connectivity index (χ0) is 13.9. The molecule has 0 atom stereocenters. The van der Waals surface area contributed by atoms with Gasteiger partial charge in [-0.25, -0.2) is 0 Å². The predicted octanol–water partition coefficient (Wildman–Crippen LogP) is 3.34. The summed E-state index contributed by atoms with van der Waals surface area (Å²) in [5.74, 6) is 2.06. The van der Waals surface area contributed by atoms with E-state index in [2.05, 4.69) is 60.5 Å². The molecule has 0 fully saturated rings. The fourth-order valence-electron chi connectivity index (χ4n) is 2.67. The highest BCUT2D eigenvalue weighted by molar-refractivity contribution is 5.57. The molecule has 0 saturated heterocycles. The Kier molecular flexibility index (Phi) is 3.79. The Morgan fingerprint density at radius 3 is 2.80 bits per heavy atom. The zero-order valence-corrected chi connectivity index (χ0v) is 12.2. The summed E-state index contributed by atoms with van der Waals surface area (Å²) in [6.07, 6.45) is 1.14. The van der Waals surface area contributed by atoms with Crippen LogP contribution >= 0.6 is 0 Å². The van der Waals surface area contributed by atoms with Crippen LogP contribution in [0.2, 0.25) is 0 Å². The van der Waals surface area contributed by atoms with Gasteiger partial charge in [0.1, 0.15) is 11.5 Å². The third-order valence-corrected chi connectivity index (χ3v) is 3.73. The van der Waals surface area contributed by atoms with Gasteiger partial charge >= 0.3 is 0 Å². The lowest BCUT2D eigenvalue weighted by Gasteiger charge is -2.17. The molecule has 20 heavy (non-hydrogen) atoms. The summed E-state index contributed by atoms with van der Waals surface area (Å²) in [5, 5.41) is 3.38. The first-order chi connectivity index (χ1) is 9.72. The van der Waals surface area contributed by atoms with Gasteiger partial charge < -0.3 is 14.6 Å². The topological polar surface area (TPSA) is 28.4 Å². The molecule has 2 aromatic rings. The number of hydrogen-bond acceptors (Lipinski definition) is 3. The Morgan fingerprint density at radius 2 is 1.95 bits per heavy atom. The van der Waals surface area contributed by atoms with Crippen molar-refractivity contribution in [2.75, 3.05) is 11.4 Å². The van der Waals surface area contributed by atoms with Gasteiger partial charge in [-0.3, -0.25) is 0 Å². The van der Waals surface area contributed by atoms with E-state index in [1.807, 2.05) is 0 Å². The highest BCUT2D eigenvalue weighted by Crippen LogP contribution is 2.29. The van der Waals surface area contributed by atoms with Crippen LogP contribution in [0.3, 0.4) is 0 Å². The summed E-state index contributed by atoms with van der Waals surface area (Å²) < 4.78 is 5.91. The van der Waals surface area contributed by atoms with E-state index in [1.165, 1.54) is 11.3 Å². The minimum Gasteiger partial charge on any atom is -0.463 e. The van der Waals surface area contributed by atoms with E-state index in [4.69, 9.17) is 4.42 Å². The number of furan rings is 1. The van der Waals surface area contributed by atoms with Gasteiger partial charge in [0.25, 0.3) is 0 Å². The first kappa shape index (κ1) is 13.3. The second-order valence-corrected chi connectivity index (χ2v) is 5.70. The Hall–Kier alpha value is -1.74. The van der Waals surface area contributed by atoms with Crippen LogP contribution in [0, 0.1) is 0 Å². The Balaban J connectivity index is 1.64. The number of para-hydroxylation sites is 1. The van der Waals surface area contributed by atoms with E-state index >= 15 is 0 Å². The monoisotopic (exact) mass is 270 g/mol. The van der Waals surface area contributed by atoms with E-state index in [0.717, 1.165) is 37.6 Å². The number of nitrogens with one attached hydrogen (secondary N) is 1. The number of anilines is 1. The predicted molar refractivity (Wildman–Crippen MR) is 81.9 cm³/mol. The molecule has 1 aromatic heterocycles. The van der Waals surface area contributed by atoms with Crippen LogP contribution in [0.25, 0.3) is 0 Å². The second kappa shape index (κ2) is 5.71. The molecule has 2 heterocycles. The van der Waals surface area contributed by atoms with Gasteiger partial charge in [0.15, 0.2) is 0 Å². The molecule has 1 aromatic carbocycles. The maximum Gasteiger partial charge on any atom is 0.123 e. The molecule has 3 rings (SSSR count). The Bertz CT molecular complexity index is 574. The van der Waals surface area contributed by atoms with Gasteiger partial charge in [-0.15, -0.1) is 0 Å². The number of fused-ring (bicyclic) bond motifs is 1. The molecule has 0 saturated carbocycles. The van der Waals surface area contributed by atoms with E-state index in [0.29, 0.717) is 6.04 Å². The van der Waals surface area contributed by atoms with Crippen molar-refractivity contribution in [2.45, 2.75) is 39.4 Å². The molecule has 1 aliphatic heterocycles. The SMILES string of the molecule is CC(C)NCc1ccc(CN2CCc3ccccc32)o1. The molecule has 0 amide bonds. The van der Waals surface area contributed by atoms with Crippen LogP contribution in [0.1, 0.15) is 30.9 Å². The second-order valence-electron chi connectivity index (χ2n) is 5.70. The van der Waals surface area contributed by atoms with Gasteiger partial charge in [0.05, 0.1) is 13.1 Å². The van der Waals surface area contributed by atoms with Crippen molar-refractivity contribution in [3.05, 3.63) is 53.5 Å². The molecular formula is C17H22N2O. The third-order valence-electron chi connectivity index (χ3n) is 3.73. The summed E-state index contributed by atoms with van der Waals surface area (Å²) in [7, 11) is 0. The van der Waals surface area contributed by atoms with Crippen molar-refractivity contribution in [3.8, 4) is 0 Å². The van der Waals surface area contributed by atoms with Crippen molar-refractivity contribution < 1.29 is 4.42 Å². The van der Waals surface area contributed by atoms with Crippen LogP contribution < -0.4 is 10.2 Å². The minimum atomic E-state index is 0.481. The Labute approximate surface area is 120 Å². The first-order valence-corrected chi connectivity index (χ1v) is 7.36. The molecule has 3 nitrogen and oxygen atoms in total. The first-order valence-electron chi connectivity index (χ1n) is 7.36. The largest absolute Gasteiger partial charge is 0.463 e. The lowest BCUT2D eigenvalue weighted by atomic mass is 10.2. The molecule has 0 aliphatic carbocycles. The van der Waals surface area contributed by atoms with Crippen molar-refractivity contribution in [2.24, 2.45) is 0 Å². The van der Waals surface area contributed by atoms with E-state index in [9.17, 15) is 0 Å². The summed E-state index contributed by atoms with van der Waals surface area (Å²) in [6.45, 7) is 7.03. The molecule has 0 spiro atoms. The summed E-state index contributed by atoms with van der Waals surface area (Å²) in [5.41, 5.74) is 2.80. The molecule has 1 N–H and O–H groups in total. The average molecular weight is 270 g/mol. The molecule has 0 radical (unpaired) electrons. The maximum atomic E-state index is 5.91. The van der Waals surface area contributed by atoms with Crippen LogP contribution in [-0.2, 0) is 19.5 Å². The lowest BCUT2D eigenvalue weighted by molar-refractivity contribution is 0.433.